The first-order valence-electron chi connectivity index (χ1n) is 8.40. The van der Waals surface area contributed by atoms with Crippen molar-refractivity contribution in [3.63, 3.8) is 0 Å². The molecule has 0 saturated heterocycles. The molecule has 2 aromatic rings. The molecule has 0 aromatic heterocycles. The van der Waals surface area contributed by atoms with Gasteiger partial charge >= 0.3 is 0 Å². The molecule has 4 heteroatoms. The fourth-order valence-corrected chi connectivity index (χ4v) is 3.18. The number of rotatable bonds is 4. The van der Waals surface area contributed by atoms with Gasteiger partial charge in [-0.1, -0.05) is 54.6 Å². The van der Waals surface area contributed by atoms with Crippen LogP contribution in [0.15, 0.2) is 60.8 Å². The Labute approximate surface area is 148 Å². The minimum absolute atomic E-state index is 0.0187. The van der Waals surface area contributed by atoms with E-state index in [4.69, 9.17) is 0 Å². The molecule has 0 N–H and O–H groups in total. The molecule has 4 nitrogen and oxygen atoms in total. The highest BCUT2D eigenvalue weighted by atomic mass is 16.2. The molecule has 2 amide bonds. The third kappa shape index (κ3) is 3.79. The summed E-state index contributed by atoms with van der Waals surface area (Å²) in [6, 6.07) is 17.5. The molecule has 2 aromatic carbocycles. The average molecular weight is 334 g/mol. The van der Waals surface area contributed by atoms with E-state index in [9.17, 15) is 9.59 Å². The van der Waals surface area contributed by atoms with Gasteiger partial charge in [0.15, 0.2) is 0 Å². The number of nitrogens with zero attached hydrogens (tertiary/aromatic N) is 2. The molecular formula is C21H22N2O2. The van der Waals surface area contributed by atoms with Gasteiger partial charge in [0, 0.05) is 26.7 Å². The van der Waals surface area contributed by atoms with Crippen molar-refractivity contribution in [3.8, 4) is 0 Å². The molecule has 0 unspecified atom stereocenters. The van der Waals surface area contributed by atoms with Crippen LogP contribution < -0.4 is 0 Å². The maximum atomic E-state index is 12.8. The van der Waals surface area contributed by atoms with Crippen LogP contribution in [0.25, 0.3) is 6.08 Å². The van der Waals surface area contributed by atoms with Gasteiger partial charge in [-0.05, 0) is 22.8 Å². The number of hydrogen-bond donors (Lipinski definition) is 0. The molecule has 0 radical (unpaired) electrons. The second-order valence-corrected chi connectivity index (χ2v) is 6.33. The molecular weight excluding hydrogens is 312 g/mol. The van der Waals surface area contributed by atoms with Crippen molar-refractivity contribution >= 4 is 17.9 Å². The third-order valence-electron chi connectivity index (χ3n) is 4.53. The Bertz CT molecular complexity index is 799. The van der Waals surface area contributed by atoms with E-state index in [0.29, 0.717) is 6.54 Å². The lowest BCUT2D eigenvalue weighted by Gasteiger charge is -2.33. The number of carbonyl (C=O) groups is 2. The van der Waals surface area contributed by atoms with Gasteiger partial charge in [-0.15, -0.1) is 0 Å². The van der Waals surface area contributed by atoms with E-state index in [-0.39, 0.29) is 24.3 Å². The van der Waals surface area contributed by atoms with Crippen molar-refractivity contribution in [2.45, 2.75) is 25.9 Å². The van der Waals surface area contributed by atoms with Crippen molar-refractivity contribution in [1.29, 1.82) is 0 Å². The molecule has 25 heavy (non-hydrogen) atoms. The van der Waals surface area contributed by atoms with Gasteiger partial charge in [0.1, 0.15) is 0 Å². The summed E-state index contributed by atoms with van der Waals surface area (Å²) in [7, 11) is 1.80. The third-order valence-corrected chi connectivity index (χ3v) is 4.53. The van der Waals surface area contributed by atoms with Crippen LogP contribution in [0, 0.1) is 0 Å². The largest absolute Gasteiger partial charge is 0.341 e. The van der Waals surface area contributed by atoms with Crippen LogP contribution in [0.3, 0.4) is 0 Å². The highest BCUT2D eigenvalue weighted by Gasteiger charge is 2.29. The van der Waals surface area contributed by atoms with Gasteiger partial charge in [0.25, 0.3) is 0 Å². The Morgan fingerprint density at radius 3 is 2.44 bits per heavy atom. The molecule has 0 bridgehead atoms. The molecule has 3 rings (SSSR count). The van der Waals surface area contributed by atoms with E-state index in [1.807, 2.05) is 60.7 Å². The Kier molecular flexibility index (Phi) is 4.98. The Hall–Kier alpha value is -2.88. The van der Waals surface area contributed by atoms with Crippen LogP contribution in [-0.2, 0) is 16.1 Å². The number of fused-ring (bicyclic) bond motifs is 1. The van der Waals surface area contributed by atoms with Crippen molar-refractivity contribution in [2.24, 2.45) is 0 Å². The van der Waals surface area contributed by atoms with Crippen molar-refractivity contribution < 1.29 is 9.59 Å². The molecule has 1 aliphatic rings. The van der Waals surface area contributed by atoms with Crippen LogP contribution in [0.4, 0.5) is 0 Å². The number of benzene rings is 2. The van der Waals surface area contributed by atoms with Crippen LogP contribution in [0.2, 0.25) is 0 Å². The van der Waals surface area contributed by atoms with Crippen LogP contribution in [0.5, 0.6) is 0 Å². The van der Waals surface area contributed by atoms with Gasteiger partial charge in [0.05, 0.1) is 12.5 Å². The minimum atomic E-state index is -0.260. The number of carbonyl (C=O) groups excluding carboxylic acids is 2. The monoisotopic (exact) mass is 334 g/mol. The first-order chi connectivity index (χ1) is 12.1. The van der Waals surface area contributed by atoms with E-state index >= 15 is 0 Å². The first kappa shape index (κ1) is 17.0. The summed E-state index contributed by atoms with van der Waals surface area (Å²) in [5.41, 5.74) is 3.16. The number of hydrogen-bond acceptors (Lipinski definition) is 2. The zero-order valence-corrected chi connectivity index (χ0v) is 14.6. The van der Waals surface area contributed by atoms with Crippen LogP contribution in [0.1, 0.15) is 36.1 Å². The molecule has 1 aliphatic heterocycles. The molecule has 1 atom stereocenters. The van der Waals surface area contributed by atoms with Gasteiger partial charge in [-0.2, -0.15) is 0 Å². The maximum absolute atomic E-state index is 12.8. The summed E-state index contributed by atoms with van der Waals surface area (Å²) < 4.78 is 0. The first-order valence-corrected chi connectivity index (χ1v) is 8.40. The molecule has 0 spiro atoms. The van der Waals surface area contributed by atoms with Gasteiger partial charge in [-0.3, -0.25) is 9.59 Å². The van der Waals surface area contributed by atoms with Crippen LogP contribution in [-0.4, -0.2) is 28.7 Å². The fourth-order valence-electron chi connectivity index (χ4n) is 3.18. The lowest BCUT2D eigenvalue weighted by Crippen LogP contribution is -2.35. The maximum Gasteiger partial charge on any atom is 0.225 e. The molecule has 0 fully saturated rings. The number of amides is 2. The topological polar surface area (TPSA) is 40.6 Å². The van der Waals surface area contributed by atoms with Crippen molar-refractivity contribution in [1.82, 2.24) is 9.80 Å². The van der Waals surface area contributed by atoms with Gasteiger partial charge in [0.2, 0.25) is 11.8 Å². The second-order valence-electron chi connectivity index (χ2n) is 6.33. The second kappa shape index (κ2) is 7.34. The van der Waals surface area contributed by atoms with Crippen molar-refractivity contribution in [3.05, 3.63) is 77.5 Å². The Morgan fingerprint density at radius 1 is 1.04 bits per heavy atom. The Balaban J connectivity index is 1.78. The normalized spacial score (nSPS) is 15.6. The summed E-state index contributed by atoms with van der Waals surface area (Å²) >= 11 is 0. The Morgan fingerprint density at radius 2 is 1.72 bits per heavy atom. The zero-order chi connectivity index (χ0) is 17.8. The summed E-state index contributed by atoms with van der Waals surface area (Å²) in [4.78, 5) is 28.1. The lowest BCUT2D eigenvalue weighted by molar-refractivity contribution is -0.134. The van der Waals surface area contributed by atoms with E-state index in [1.165, 1.54) is 6.92 Å². The standard InChI is InChI=1S/C21H22N2O2/c1-16(24)23-13-12-18-10-6-7-11-19(18)20(23)14-21(25)22(2)15-17-8-4-3-5-9-17/h3-13,20H,14-15H2,1-2H3/t20-/m0/s1. The zero-order valence-electron chi connectivity index (χ0n) is 14.6. The quantitative estimate of drug-likeness (QED) is 0.857. The molecule has 0 aliphatic carbocycles. The predicted octanol–water partition coefficient (Wildman–Crippen LogP) is 3.61. The highest BCUT2D eigenvalue weighted by molar-refractivity contribution is 5.81. The summed E-state index contributed by atoms with van der Waals surface area (Å²) in [6.45, 7) is 2.09. The highest BCUT2D eigenvalue weighted by Crippen LogP contribution is 2.33. The van der Waals surface area contributed by atoms with Gasteiger partial charge < -0.3 is 9.80 Å². The summed E-state index contributed by atoms with van der Waals surface area (Å²) in [5.74, 6) is -0.0422. The van der Waals surface area contributed by atoms with Crippen molar-refractivity contribution in [2.75, 3.05) is 7.05 Å². The molecule has 1 heterocycles. The minimum Gasteiger partial charge on any atom is -0.341 e. The predicted molar refractivity (Wildman–Crippen MR) is 98.3 cm³/mol. The van der Waals surface area contributed by atoms with E-state index in [2.05, 4.69) is 0 Å². The SMILES string of the molecule is CC(=O)N1C=Cc2ccccc2[C@@H]1CC(=O)N(C)Cc1ccccc1. The summed E-state index contributed by atoms with van der Waals surface area (Å²) in [5, 5.41) is 0. The molecule has 128 valence electrons. The van der Waals surface area contributed by atoms with Crippen LogP contribution >= 0.6 is 0 Å². The lowest BCUT2D eigenvalue weighted by atomic mass is 9.93. The van der Waals surface area contributed by atoms with E-state index in [0.717, 1.165) is 16.7 Å². The average Bonchev–Trinajstić information content (AvgIpc) is 2.62. The summed E-state index contributed by atoms with van der Waals surface area (Å²) in [6.07, 6.45) is 3.97. The molecule has 0 saturated carbocycles. The smallest absolute Gasteiger partial charge is 0.225 e. The van der Waals surface area contributed by atoms with Gasteiger partial charge in [-0.25, -0.2) is 0 Å². The van der Waals surface area contributed by atoms with E-state index in [1.54, 1.807) is 23.0 Å². The fraction of sp³-hybridized carbons (Fsp3) is 0.238. The van der Waals surface area contributed by atoms with E-state index < -0.39 is 0 Å².